The second-order valence-corrected chi connectivity index (χ2v) is 6.83. The van der Waals surface area contributed by atoms with Crippen LogP contribution < -0.4 is 15.9 Å². The van der Waals surface area contributed by atoms with E-state index in [-0.39, 0.29) is 23.2 Å². The lowest BCUT2D eigenvalue weighted by Crippen LogP contribution is -2.34. The molecule has 0 saturated carbocycles. The van der Waals surface area contributed by atoms with Crippen LogP contribution in [-0.2, 0) is 11.3 Å². The van der Waals surface area contributed by atoms with E-state index in [1.54, 1.807) is 9.95 Å². The lowest BCUT2D eigenvalue weighted by atomic mass is 10.0. The second kappa shape index (κ2) is 7.63. The molecule has 3 rings (SSSR count). The number of nitrogens with two attached hydrogens (primary N) is 1. The summed E-state index contributed by atoms with van der Waals surface area (Å²) in [5.41, 5.74) is 7.73. The van der Waals surface area contributed by atoms with E-state index in [0.717, 1.165) is 33.4 Å². The highest BCUT2D eigenvalue weighted by Gasteiger charge is 2.14. The van der Waals surface area contributed by atoms with Gasteiger partial charge in [0.15, 0.2) is 0 Å². The Balaban J connectivity index is 1.68. The first-order chi connectivity index (χ1) is 12.1. The van der Waals surface area contributed by atoms with Crippen molar-refractivity contribution < 1.29 is 4.79 Å². The molecule has 0 aliphatic heterocycles. The largest absolute Gasteiger partial charge is 0.348 e. The molecule has 2 aromatic carbocycles. The Bertz CT molecular complexity index is 945. The molecule has 3 aromatic rings. The van der Waals surface area contributed by atoms with Crippen LogP contribution in [0.2, 0.25) is 0 Å². The zero-order chi connectivity index (χ0) is 17.8. The molecule has 0 saturated heterocycles. The summed E-state index contributed by atoms with van der Waals surface area (Å²) in [5.74, 6) is -0.110. The Morgan fingerprint density at radius 2 is 2.00 bits per heavy atom. The van der Waals surface area contributed by atoms with E-state index < -0.39 is 0 Å². The normalized spacial score (nSPS) is 12.2. The van der Waals surface area contributed by atoms with E-state index in [2.05, 4.69) is 17.4 Å². The Morgan fingerprint density at radius 1 is 1.24 bits per heavy atom. The summed E-state index contributed by atoms with van der Waals surface area (Å²) in [6, 6.07) is 13.9. The minimum absolute atomic E-state index is 0.0322. The number of aromatic nitrogens is 1. The Labute approximate surface area is 150 Å². The number of aryl methyl sites for hydroxylation is 1. The van der Waals surface area contributed by atoms with Crippen molar-refractivity contribution in [3.8, 4) is 0 Å². The van der Waals surface area contributed by atoms with Crippen molar-refractivity contribution in [3.63, 3.8) is 0 Å². The second-order valence-electron chi connectivity index (χ2n) is 6.01. The van der Waals surface area contributed by atoms with Crippen molar-refractivity contribution in [1.29, 1.82) is 0 Å². The molecule has 1 aromatic heterocycles. The molecule has 0 aliphatic rings. The molecule has 3 N–H and O–H groups in total. The van der Waals surface area contributed by atoms with Crippen LogP contribution in [0.1, 0.15) is 23.7 Å². The van der Waals surface area contributed by atoms with Gasteiger partial charge in [-0.05, 0) is 29.3 Å². The molecule has 0 aliphatic carbocycles. The van der Waals surface area contributed by atoms with Gasteiger partial charge in [0.05, 0.1) is 6.04 Å². The number of carbonyl (C=O) groups excluding carboxylic acids is 1. The Hall–Kier alpha value is -2.44. The third-order valence-electron chi connectivity index (χ3n) is 4.29. The fraction of sp³-hybridized carbons (Fsp3) is 0.263. The molecular formula is C19H21N3O2S. The maximum Gasteiger partial charge on any atom is 0.307 e. The summed E-state index contributed by atoms with van der Waals surface area (Å²) in [4.78, 5) is 24.0. The van der Waals surface area contributed by atoms with Crippen LogP contribution in [0, 0.1) is 6.92 Å². The third kappa shape index (κ3) is 3.97. The van der Waals surface area contributed by atoms with Crippen molar-refractivity contribution in [2.75, 3.05) is 6.54 Å². The van der Waals surface area contributed by atoms with Gasteiger partial charge in [-0.25, -0.2) is 0 Å². The third-order valence-corrected chi connectivity index (χ3v) is 5.17. The molecule has 0 bridgehead atoms. The highest BCUT2D eigenvalue weighted by molar-refractivity contribution is 7.07. The van der Waals surface area contributed by atoms with E-state index in [1.165, 1.54) is 0 Å². The number of rotatable bonds is 6. The molecule has 1 amide bonds. The van der Waals surface area contributed by atoms with E-state index in [0.29, 0.717) is 13.1 Å². The number of benzene rings is 2. The number of nitrogens with one attached hydrogen (secondary N) is 1. The quantitative estimate of drug-likeness (QED) is 0.713. The summed E-state index contributed by atoms with van der Waals surface area (Å²) in [6.07, 6.45) is 0.252. The van der Waals surface area contributed by atoms with Crippen molar-refractivity contribution >= 4 is 28.0 Å². The highest BCUT2D eigenvalue weighted by atomic mass is 32.1. The van der Waals surface area contributed by atoms with Crippen LogP contribution in [0.15, 0.2) is 52.6 Å². The molecule has 1 heterocycles. The first-order valence-corrected chi connectivity index (χ1v) is 9.09. The summed E-state index contributed by atoms with van der Waals surface area (Å²) < 4.78 is 1.62. The molecule has 0 fully saturated rings. The molecule has 6 heteroatoms. The van der Waals surface area contributed by atoms with Gasteiger partial charge in [-0.1, -0.05) is 47.7 Å². The number of hydrogen-bond donors (Lipinski definition) is 2. The van der Waals surface area contributed by atoms with Crippen LogP contribution >= 0.6 is 11.3 Å². The highest BCUT2D eigenvalue weighted by Crippen LogP contribution is 2.20. The maximum atomic E-state index is 12.3. The van der Waals surface area contributed by atoms with Gasteiger partial charge in [0.1, 0.15) is 0 Å². The lowest BCUT2D eigenvalue weighted by molar-refractivity contribution is -0.122. The summed E-state index contributed by atoms with van der Waals surface area (Å²) >= 11 is 1.15. The summed E-state index contributed by atoms with van der Waals surface area (Å²) in [6.45, 7) is 2.57. The van der Waals surface area contributed by atoms with Crippen molar-refractivity contribution in [2.24, 2.45) is 5.73 Å². The lowest BCUT2D eigenvalue weighted by Gasteiger charge is -2.18. The Morgan fingerprint density at radius 3 is 2.68 bits per heavy atom. The first-order valence-electron chi connectivity index (χ1n) is 8.21. The summed E-state index contributed by atoms with van der Waals surface area (Å²) in [7, 11) is 0. The number of nitrogens with zero attached hydrogens (tertiary/aromatic N) is 1. The van der Waals surface area contributed by atoms with E-state index in [9.17, 15) is 9.59 Å². The van der Waals surface area contributed by atoms with E-state index in [4.69, 9.17) is 5.73 Å². The van der Waals surface area contributed by atoms with E-state index >= 15 is 0 Å². The van der Waals surface area contributed by atoms with Crippen molar-refractivity contribution in [1.82, 2.24) is 9.88 Å². The van der Waals surface area contributed by atoms with Crippen LogP contribution in [-0.4, -0.2) is 17.0 Å². The van der Waals surface area contributed by atoms with Gasteiger partial charge in [0.2, 0.25) is 5.91 Å². The smallest absolute Gasteiger partial charge is 0.307 e. The number of carbonyl (C=O) groups is 1. The predicted octanol–water partition coefficient (Wildman–Crippen LogP) is 2.58. The van der Waals surface area contributed by atoms with Gasteiger partial charge >= 0.3 is 4.87 Å². The average Bonchev–Trinajstić information content (AvgIpc) is 2.95. The molecule has 1 unspecified atom stereocenters. The molecule has 5 nitrogen and oxygen atoms in total. The van der Waals surface area contributed by atoms with Gasteiger partial charge in [-0.15, -0.1) is 0 Å². The first kappa shape index (κ1) is 17.4. The number of fused-ring (bicyclic) bond motifs is 1. The molecule has 0 radical (unpaired) electrons. The summed E-state index contributed by atoms with van der Waals surface area (Å²) in [5, 5.41) is 7.05. The number of hydrogen-bond acceptors (Lipinski definition) is 4. The number of thiazole rings is 1. The van der Waals surface area contributed by atoms with Crippen LogP contribution in [0.4, 0.5) is 0 Å². The fourth-order valence-electron chi connectivity index (χ4n) is 2.86. The zero-order valence-electron chi connectivity index (χ0n) is 14.1. The van der Waals surface area contributed by atoms with Crippen LogP contribution in [0.5, 0.6) is 0 Å². The minimum Gasteiger partial charge on any atom is -0.348 e. The molecule has 0 spiro atoms. The monoisotopic (exact) mass is 355 g/mol. The molecular weight excluding hydrogens is 334 g/mol. The average molecular weight is 355 g/mol. The van der Waals surface area contributed by atoms with E-state index in [1.807, 2.05) is 37.3 Å². The van der Waals surface area contributed by atoms with Gasteiger partial charge < -0.3 is 15.6 Å². The minimum atomic E-state index is -0.239. The SMILES string of the molecule is Cc1csc(=O)n1CCC(=O)NC(CN)c1ccc2ccccc2c1. The van der Waals surface area contributed by atoms with Gasteiger partial charge in [0.25, 0.3) is 0 Å². The topological polar surface area (TPSA) is 77.1 Å². The van der Waals surface area contributed by atoms with Gasteiger partial charge in [-0.2, -0.15) is 0 Å². The molecule has 130 valence electrons. The molecule has 1 atom stereocenters. The van der Waals surface area contributed by atoms with Crippen LogP contribution in [0.3, 0.4) is 0 Å². The predicted molar refractivity (Wildman–Crippen MR) is 102 cm³/mol. The van der Waals surface area contributed by atoms with Crippen molar-refractivity contribution in [2.45, 2.75) is 25.9 Å². The van der Waals surface area contributed by atoms with Gasteiger partial charge in [-0.3, -0.25) is 9.59 Å². The maximum absolute atomic E-state index is 12.3. The number of amides is 1. The standard InChI is InChI=1S/C19H21N3O2S/c1-13-12-25-19(24)22(13)9-8-18(23)21-17(11-20)16-7-6-14-4-2-3-5-15(14)10-16/h2-7,10,12,17H,8-9,11,20H2,1H3,(H,21,23). The van der Waals surface area contributed by atoms with Gasteiger partial charge in [0, 0.05) is 30.6 Å². The zero-order valence-corrected chi connectivity index (χ0v) is 14.9. The fourth-order valence-corrected chi connectivity index (χ4v) is 3.62. The van der Waals surface area contributed by atoms with Crippen LogP contribution in [0.25, 0.3) is 10.8 Å². The molecule has 25 heavy (non-hydrogen) atoms. The van der Waals surface area contributed by atoms with Crippen molar-refractivity contribution in [3.05, 3.63) is 68.8 Å². The Kier molecular flexibility index (Phi) is 5.31.